The Morgan fingerprint density at radius 1 is 0.500 bits per heavy atom. The molecule has 22 heavy (non-hydrogen) atoms. The molecule has 0 amide bonds. The van der Waals surface area contributed by atoms with Gasteiger partial charge in [0.1, 0.15) is 0 Å². The third kappa shape index (κ3) is 3.62. The first kappa shape index (κ1) is 14.1. The molecule has 3 rings (SSSR count). The lowest BCUT2D eigenvalue weighted by molar-refractivity contribution is 1.66. The molecule has 0 saturated heterocycles. The van der Waals surface area contributed by atoms with Gasteiger partial charge >= 0.3 is 0 Å². The molecule has 3 aromatic rings. The summed E-state index contributed by atoms with van der Waals surface area (Å²) in [5, 5.41) is 2.56. The number of rotatable bonds is 4. The highest BCUT2D eigenvalue weighted by Crippen LogP contribution is 2.19. The van der Waals surface area contributed by atoms with E-state index in [-0.39, 0.29) is 0 Å². The SMILES string of the molecule is C(=C/c1cccc2ccccc12)/C=C/C=C/c1ccccc1. The smallest absolute Gasteiger partial charge is 0.0111 e. The number of allylic oxidation sites excluding steroid dienone is 4. The van der Waals surface area contributed by atoms with E-state index in [4.69, 9.17) is 0 Å². The Labute approximate surface area is 131 Å². The molecule has 0 spiro atoms. The van der Waals surface area contributed by atoms with Crippen LogP contribution in [0, 0.1) is 0 Å². The Morgan fingerprint density at radius 2 is 1.18 bits per heavy atom. The predicted molar refractivity (Wildman–Crippen MR) is 97.6 cm³/mol. The topological polar surface area (TPSA) is 0 Å². The summed E-state index contributed by atoms with van der Waals surface area (Å²) in [6, 6.07) is 25.2. The Balaban J connectivity index is 1.69. The van der Waals surface area contributed by atoms with Crippen LogP contribution in [0.15, 0.2) is 97.1 Å². The molecule has 3 aromatic carbocycles. The maximum atomic E-state index is 2.16. The highest BCUT2D eigenvalue weighted by molar-refractivity contribution is 5.90. The average molecular weight is 282 g/mol. The van der Waals surface area contributed by atoms with Crippen molar-refractivity contribution >= 4 is 22.9 Å². The molecule has 0 aromatic heterocycles. The monoisotopic (exact) mass is 282 g/mol. The highest BCUT2D eigenvalue weighted by atomic mass is 14.0. The van der Waals surface area contributed by atoms with Gasteiger partial charge in [-0.15, -0.1) is 0 Å². The lowest BCUT2D eigenvalue weighted by Gasteiger charge is -2.00. The summed E-state index contributed by atoms with van der Waals surface area (Å²) in [7, 11) is 0. The van der Waals surface area contributed by atoms with Crippen molar-refractivity contribution in [2.24, 2.45) is 0 Å². The Hall–Kier alpha value is -2.86. The van der Waals surface area contributed by atoms with Gasteiger partial charge in [-0.2, -0.15) is 0 Å². The van der Waals surface area contributed by atoms with Crippen LogP contribution in [-0.2, 0) is 0 Å². The fourth-order valence-electron chi connectivity index (χ4n) is 2.41. The second-order valence-corrected chi connectivity index (χ2v) is 5.08. The lowest BCUT2D eigenvalue weighted by Crippen LogP contribution is -1.76. The van der Waals surface area contributed by atoms with Crippen LogP contribution < -0.4 is 0 Å². The third-order valence-corrected chi connectivity index (χ3v) is 3.52. The zero-order valence-electron chi connectivity index (χ0n) is 12.4. The molecule has 0 saturated carbocycles. The van der Waals surface area contributed by atoms with Gasteiger partial charge in [-0.3, -0.25) is 0 Å². The first-order valence-electron chi connectivity index (χ1n) is 7.48. The van der Waals surface area contributed by atoms with Crippen molar-refractivity contribution in [3.8, 4) is 0 Å². The van der Waals surface area contributed by atoms with Crippen molar-refractivity contribution in [1.29, 1.82) is 0 Å². The fourth-order valence-corrected chi connectivity index (χ4v) is 2.41. The minimum Gasteiger partial charge on any atom is -0.0622 e. The normalized spacial score (nSPS) is 12.0. The molecular formula is C22H18. The van der Waals surface area contributed by atoms with Crippen molar-refractivity contribution < 1.29 is 0 Å². The van der Waals surface area contributed by atoms with Crippen molar-refractivity contribution in [1.82, 2.24) is 0 Å². The van der Waals surface area contributed by atoms with E-state index < -0.39 is 0 Å². The van der Waals surface area contributed by atoms with E-state index in [9.17, 15) is 0 Å². The highest BCUT2D eigenvalue weighted by Gasteiger charge is 1.94. The first-order valence-corrected chi connectivity index (χ1v) is 7.48. The molecule has 0 fully saturated rings. The number of fused-ring (bicyclic) bond motifs is 1. The second-order valence-electron chi connectivity index (χ2n) is 5.08. The van der Waals surface area contributed by atoms with Gasteiger partial charge < -0.3 is 0 Å². The third-order valence-electron chi connectivity index (χ3n) is 3.52. The van der Waals surface area contributed by atoms with Gasteiger partial charge in [-0.1, -0.05) is 109 Å². The van der Waals surface area contributed by atoms with E-state index in [0.29, 0.717) is 0 Å². The van der Waals surface area contributed by atoms with E-state index in [1.807, 2.05) is 18.2 Å². The zero-order chi connectivity index (χ0) is 15.0. The zero-order valence-corrected chi connectivity index (χ0v) is 12.4. The Bertz CT molecular complexity index is 816. The lowest BCUT2D eigenvalue weighted by atomic mass is 10.0. The molecule has 0 aliphatic rings. The van der Waals surface area contributed by atoms with Crippen LogP contribution in [0.4, 0.5) is 0 Å². The van der Waals surface area contributed by atoms with Gasteiger partial charge in [-0.05, 0) is 21.9 Å². The van der Waals surface area contributed by atoms with Crippen molar-refractivity contribution in [2.45, 2.75) is 0 Å². The summed E-state index contributed by atoms with van der Waals surface area (Å²) < 4.78 is 0. The Morgan fingerprint density at radius 3 is 2.05 bits per heavy atom. The fraction of sp³-hybridized carbons (Fsp3) is 0. The summed E-state index contributed by atoms with van der Waals surface area (Å²) in [6.07, 6.45) is 12.5. The molecule has 0 aliphatic carbocycles. The van der Waals surface area contributed by atoms with Gasteiger partial charge in [-0.25, -0.2) is 0 Å². The first-order chi connectivity index (χ1) is 10.9. The largest absolute Gasteiger partial charge is 0.0622 e. The van der Waals surface area contributed by atoms with Gasteiger partial charge in [0, 0.05) is 0 Å². The quantitative estimate of drug-likeness (QED) is 0.505. The molecule has 0 N–H and O–H groups in total. The Kier molecular flexibility index (Phi) is 4.63. The van der Waals surface area contributed by atoms with Crippen LogP contribution in [0.5, 0.6) is 0 Å². The van der Waals surface area contributed by atoms with Crippen LogP contribution in [0.1, 0.15) is 11.1 Å². The summed E-state index contributed by atoms with van der Waals surface area (Å²) in [6.45, 7) is 0. The van der Waals surface area contributed by atoms with Crippen LogP contribution >= 0.6 is 0 Å². The molecule has 0 atom stereocenters. The van der Waals surface area contributed by atoms with Gasteiger partial charge in [0.15, 0.2) is 0 Å². The molecule has 0 heterocycles. The van der Waals surface area contributed by atoms with E-state index in [1.165, 1.54) is 21.9 Å². The van der Waals surface area contributed by atoms with E-state index >= 15 is 0 Å². The van der Waals surface area contributed by atoms with Crippen LogP contribution in [-0.4, -0.2) is 0 Å². The second kappa shape index (κ2) is 7.24. The van der Waals surface area contributed by atoms with Crippen molar-refractivity contribution in [2.75, 3.05) is 0 Å². The predicted octanol–water partition coefficient (Wildman–Crippen LogP) is 6.12. The summed E-state index contributed by atoms with van der Waals surface area (Å²) >= 11 is 0. The van der Waals surface area contributed by atoms with Crippen molar-refractivity contribution in [3.05, 3.63) is 108 Å². The molecule has 0 nitrogen and oxygen atoms in total. The number of hydrogen-bond acceptors (Lipinski definition) is 0. The summed E-state index contributed by atoms with van der Waals surface area (Å²) in [5.74, 6) is 0. The minimum absolute atomic E-state index is 1.21. The van der Waals surface area contributed by atoms with Gasteiger partial charge in [0.05, 0.1) is 0 Å². The molecule has 106 valence electrons. The molecule has 0 radical (unpaired) electrons. The summed E-state index contributed by atoms with van der Waals surface area (Å²) in [4.78, 5) is 0. The molecule has 0 heteroatoms. The van der Waals surface area contributed by atoms with E-state index in [1.54, 1.807) is 0 Å². The van der Waals surface area contributed by atoms with E-state index in [0.717, 1.165) is 0 Å². The molecule has 0 aliphatic heterocycles. The minimum atomic E-state index is 1.21. The van der Waals surface area contributed by atoms with Crippen LogP contribution in [0.25, 0.3) is 22.9 Å². The van der Waals surface area contributed by atoms with Gasteiger partial charge in [0.25, 0.3) is 0 Å². The van der Waals surface area contributed by atoms with Crippen LogP contribution in [0.3, 0.4) is 0 Å². The maximum Gasteiger partial charge on any atom is -0.0111 e. The van der Waals surface area contributed by atoms with Crippen LogP contribution in [0.2, 0.25) is 0 Å². The number of hydrogen-bond donors (Lipinski definition) is 0. The maximum absolute atomic E-state index is 2.16. The standard InChI is InChI=1S/C22H18/c1(4-11-19-12-5-3-6-13-19)2-7-14-20-16-10-17-21-15-8-9-18-22(20)21/h1-18H/b2-1+,11-4+,14-7-. The average Bonchev–Trinajstić information content (AvgIpc) is 2.59. The van der Waals surface area contributed by atoms with Crippen molar-refractivity contribution in [3.63, 3.8) is 0 Å². The van der Waals surface area contributed by atoms with Gasteiger partial charge in [0.2, 0.25) is 0 Å². The summed E-state index contributed by atoms with van der Waals surface area (Å²) in [5.41, 5.74) is 2.46. The molecule has 0 bridgehead atoms. The number of benzene rings is 3. The molecule has 0 unspecified atom stereocenters. The molecular weight excluding hydrogens is 264 g/mol. The van der Waals surface area contributed by atoms with E-state index in [2.05, 4.69) is 91.1 Å².